The molecule has 2 heterocycles. The maximum atomic E-state index is 12.5. The summed E-state index contributed by atoms with van der Waals surface area (Å²) in [5.74, 6) is 0.391. The number of carbonyl (C=O) groups is 3. The normalized spacial score (nSPS) is 38.3. The summed E-state index contributed by atoms with van der Waals surface area (Å²) in [6, 6.07) is 0. The van der Waals surface area contributed by atoms with Crippen molar-refractivity contribution in [1.29, 1.82) is 0 Å². The predicted molar refractivity (Wildman–Crippen MR) is 75.0 cm³/mol. The number of imide groups is 1. The molecule has 0 aromatic carbocycles. The monoisotopic (exact) mass is 290 g/mol. The van der Waals surface area contributed by atoms with Gasteiger partial charge in [-0.25, -0.2) is 0 Å². The van der Waals surface area contributed by atoms with Crippen LogP contribution in [0.5, 0.6) is 0 Å². The molecule has 0 radical (unpaired) electrons. The van der Waals surface area contributed by atoms with Crippen LogP contribution in [0.3, 0.4) is 0 Å². The van der Waals surface area contributed by atoms with E-state index in [4.69, 9.17) is 0 Å². The summed E-state index contributed by atoms with van der Waals surface area (Å²) in [6.07, 6.45) is 6.43. The molecule has 4 atom stereocenters. The summed E-state index contributed by atoms with van der Waals surface area (Å²) in [4.78, 5) is 40.5. The van der Waals surface area contributed by atoms with E-state index in [1.165, 1.54) is 11.3 Å². The Labute approximate surface area is 124 Å². The quantitative estimate of drug-likeness (QED) is 0.714. The summed E-state index contributed by atoms with van der Waals surface area (Å²) in [5, 5.41) is 0. The minimum atomic E-state index is -0.106. The molecule has 0 N–H and O–H groups in total. The van der Waals surface area contributed by atoms with Crippen molar-refractivity contribution >= 4 is 17.7 Å². The zero-order valence-corrected chi connectivity index (χ0v) is 12.3. The van der Waals surface area contributed by atoms with E-state index < -0.39 is 0 Å². The van der Waals surface area contributed by atoms with Crippen molar-refractivity contribution in [2.75, 3.05) is 19.6 Å². The highest BCUT2D eigenvalue weighted by atomic mass is 16.2. The van der Waals surface area contributed by atoms with Gasteiger partial charge in [0.25, 0.3) is 0 Å². The van der Waals surface area contributed by atoms with E-state index in [2.05, 4.69) is 0 Å². The number of fused-ring (bicyclic) bond motifs is 5. The van der Waals surface area contributed by atoms with Crippen LogP contribution >= 0.6 is 0 Å². The molecule has 2 saturated carbocycles. The Kier molecular flexibility index (Phi) is 3.05. The largest absolute Gasteiger partial charge is 0.341 e. The van der Waals surface area contributed by atoms with Gasteiger partial charge in [0.15, 0.2) is 0 Å². The van der Waals surface area contributed by atoms with Crippen LogP contribution in [0.15, 0.2) is 0 Å². The molecular weight excluding hydrogens is 268 g/mol. The van der Waals surface area contributed by atoms with E-state index in [1.54, 1.807) is 0 Å². The highest BCUT2D eigenvalue weighted by molar-refractivity contribution is 6.08. The summed E-state index contributed by atoms with van der Waals surface area (Å²) in [6.45, 7) is 1.52. The molecule has 2 aliphatic heterocycles. The molecule has 114 valence electrons. The van der Waals surface area contributed by atoms with Crippen molar-refractivity contribution in [3.05, 3.63) is 0 Å². The summed E-state index contributed by atoms with van der Waals surface area (Å²) >= 11 is 0. The van der Waals surface area contributed by atoms with Crippen LogP contribution in [0.2, 0.25) is 0 Å². The lowest BCUT2D eigenvalue weighted by Crippen LogP contribution is -2.45. The van der Waals surface area contributed by atoms with Crippen LogP contribution in [0.1, 0.15) is 38.5 Å². The van der Waals surface area contributed by atoms with Gasteiger partial charge < -0.3 is 4.90 Å². The van der Waals surface area contributed by atoms with Crippen LogP contribution in [0.25, 0.3) is 0 Å². The Morgan fingerprint density at radius 3 is 2.10 bits per heavy atom. The molecule has 3 amide bonds. The molecule has 4 aliphatic rings. The van der Waals surface area contributed by atoms with E-state index >= 15 is 0 Å². The molecule has 5 nitrogen and oxygen atoms in total. The number of carbonyl (C=O) groups excluding carboxylic acids is 3. The SMILES string of the molecule is O=C(CN1C(=O)[C@H]2[C@H]3CC[C@@H](C3)[C@@H]2C1=O)N1CCCCC1. The number of amides is 3. The first-order valence-electron chi connectivity index (χ1n) is 8.30. The first kappa shape index (κ1) is 13.3. The molecule has 2 bridgehead atoms. The van der Waals surface area contributed by atoms with E-state index in [0.717, 1.165) is 45.2 Å². The molecule has 0 aromatic rings. The van der Waals surface area contributed by atoms with E-state index in [0.29, 0.717) is 11.8 Å². The van der Waals surface area contributed by atoms with Crippen LogP contribution in [-0.2, 0) is 14.4 Å². The summed E-state index contributed by atoms with van der Waals surface area (Å²) in [5.41, 5.74) is 0. The lowest BCUT2D eigenvalue weighted by Gasteiger charge is -2.28. The third kappa shape index (κ3) is 1.93. The molecule has 2 aliphatic carbocycles. The van der Waals surface area contributed by atoms with Gasteiger partial charge in [-0.2, -0.15) is 0 Å². The summed E-state index contributed by atoms with van der Waals surface area (Å²) in [7, 11) is 0. The predicted octanol–water partition coefficient (Wildman–Crippen LogP) is 1.03. The van der Waals surface area contributed by atoms with E-state index in [9.17, 15) is 14.4 Å². The van der Waals surface area contributed by atoms with Gasteiger partial charge in [-0.1, -0.05) is 0 Å². The van der Waals surface area contributed by atoms with Gasteiger partial charge in [0.05, 0.1) is 11.8 Å². The van der Waals surface area contributed by atoms with Crippen LogP contribution in [-0.4, -0.2) is 47.2 Å². The Morgan fingerprint density at radius 1 is 0.952 bits per heavy atom. The van der Waals surface area contributed by atoms with Crippen molar-refractivity contribution in [3.8, 4) is 0 Å². The lowest BCUT2D eigenvalue weighted by molar-refractivity contribution is -0.147. The molecule has 4 rings (SSSR count). The van der Waals surface area contributed by atoms with Crippen LogP contribution in [0, 0.1) is 23.7 Å². The van der Waals surface area contributed by atoms with Gasteiger partial charge in [-0.05, 0) is 50.4 Å². The maximum Gasteiger partial charge on any atom is 0.242 e. The van der Waals surface area contributed by atoms with Crippen molar-refractivity contribution in [2.45, 2.75) is 38.5 Å². The second-order valence-corrected chi connectivity index (χ2v) is 7.09. The number of nitrogens with zero attached hydrogens (tertiary/aromatic N) is 2. The summed E-state index contributed by atoms with van der Waals surface area (Å²) < 4.78 is 0. The molecule has 0 unspecified atom stereocenters. The van der Waals surface area contributed by atoms with Gasteiger partial charge in [0, 0.05) is 13.1 Å². The average molecular weight is 290 g/mol. The number of hydrogen-bond donors (Lipinski definition) is 0. The Bertz CT molecular complexity index is 470. The number of likely N-dealkylation sites (tertiary alicyclic amines) is 2. The Hall–Kier alpha value is -1.39. The topological polar surface area (TPSA) is 57.7 Å². The highest BCUT2D eigenvalue weighted by Crippen LogP contribution is 2.56. The molecule has 2 saturated heterocycles. The Balaban J connectivity index is 1.47. The van der Waals surface area contributed by atoms with Crippen molar-refractivity contribution in [2.24, 2.45) is 23.7 Å². The van der Waals surface area contributed by atoms with Gasteiger partial charge >= 0.3 is 0 Å². The molecular formula is C16H22N2O3. The second-order valence-electron chi connectivity index (χ2n) is 7.09. The lowest BCUT2D eigenvalue weighted by atomic mass is 9.81. The molecule has 0 aromatic heterocycles. The van der Waals surface area contributed by atoms with Crippen molar-refractivity contribution < 1.29 is 14.4 Å². The smallest absolute Gasteiger partial charge is 0.242 e. The minimum absolute atomic E-state index is 0.0237. The molecule has 5 heteroatoms. The third-order valence-electron chi connectivity index (χ3n) is 6.02. The first-order valence-corrected chi connectivity index (χ1v) is 8.30. The second kappa shape index (κ2) is 4.82. The molecule has 21 heavy (non-hydrogen) atoms. The fourth-order valence-electron chi connectivity index (χ4n) is 5.00. The zero-order valence-electron chi connectivity index (χ0n) is 12.3. The number of hydrogen-bond acceptors (Lipinski definition) is 3. The van der Waals surface area contributed by atoms with Gasteiger partial charge in [-0.3, -0.25) is 19.3 Å². The molecule has 0 spiro atoms. The van der Waals surface area contributed by atoms with E-state index in [1.807, 2.05) is 4.90 Å². The van der Waals surface area contributed by atoms with Gasteiger partial charge in [0.2, 0.25) is 17.7 Å². The highest BCUT2D eigenvalue weighted by Gasteiger charge is 2.61. The zero-order chi connectivity index (χ0) is 14.6. The first-order chi connectivity index (χ1) is 10.2. The fourth-order valence-corrected chi connectivity index (χ4v) is 5.00. The van der Waals surface area contributed by atoms with Gasteiger partial charge in [-0.15, -0.1) is 0 Å². The van der Waals surface area contributed by atoms with E-state index in [-0.39, 0.29) is 36.1 Å². The van der Waals surface area contributed by atoms with Gasteiger partial charge in [0.1, 0.15) is 6.54 Å². The van der Waals surface area contributed by atoms with Crippen molar-refractivity contribution in [3.63, 3.8) is 0 Å². The van der Waals surface area contributed by atoms with Crippen molar-refractivity contribution in [1.82, 2.24) is 9.80 Å². The Morgan fingerprint density at radius 2 is 1.52 bits per heavy atom. The average Bonchev–Trinajstić information content (AvgIpc) is 3.18. The minimum Gasteiger partial charge on any atom is -0.341 e. The fraction of sp³-hybridized carbons (Fsp3) is 0.812. The van der Waals surface area contributed by atoms with Crippen LogP contribution in [0.4, 0.5) is 0 Å². The standard InChI is InChI=1S/C16H22N2O3/c19-12(17-6-2-1-3-7-17)9-18-15(20)13-10-4-5-11(8-10)14(13)16(18)21/h10-11,13-14H,1-9H2/t10-,11-,13-,14-/m0/s1. The van der Waals surface area contributed by atoms with Crippen LogP contribution < -0.4 is 0 Å². The number of rotatable bonds is 2. The molecule has 4 fully saturated rings. The maximum absolute atomic E-state index is 12.5. The number of piperidine rings is 1. The third-order valence-corrected chi connectivity index (χ3v) is 6.02.